The SMILES string of the molecule is Cc1ccc(NC(=O)C2(c3ccc(Cl)cc3)CCC2)cc1-n1nnnc1C. The lowest BCUT2D eigenvalue weighted by molar-refractivity contribution is -0.124. The average molecular weight is 382 g/mol. The number of amides is 1. The number of hydrogen-bond acceptors (Lipinski definition) is 4. The zero-order valence-electron chi connectivity index (χ0n) is 15.2. The first-order valence-electron chi connectivity index (χ1n) is 8.93. The van der Waals surface area contributed by atoms with Crippen molar-refractivity contribution in [1.82, 2.24) is 20.2 Å². The number of halogens is 1. The second kappa shape index (κ2) is 6.78. The fraction of sp³-hybridized carbons (Fsp3) is 0.300. The molecule has 27 heavy (non-hydrogen) atoms. The molecule has 1 aliphatic carbocycles. The standard InChI is InChI=1S/C20H20ClN5O/c1-13-4-9-17(12-18(13)26-14(2)23-24-25-26)22-19(27)20(10-3-11-20)15-5-7-16(21)8-6-15/h4-9,12H,3,10-11H2,1-2H3,(H,22,27). The second-order valence-electron chi connectivity index (χ2n) is 7.04. The van der Waals surface area contributed by atoms with Gasteiger partial charge in [0.1, 0.15) is 0 Å². The molecule has 6 nitrogen and oxygen atoms in total. The van der Waals surface area contributed by atoms with E-state index in [0.29, 0.717) is 10.8 Å². The highest BCUT2D eigenvalue weighted by atomic mass is 35.5. The van der Waals surface area contributed by atoms with Crippen LogP contribution in [-0.4, -0.2) is 26.1 Å². The Bertz CT molecular complexity index is 992. The maximum Gasteiger partial charge on any atom is 0.235 e. The van der Waals surface area contributed by atoms with Crippen LogP contribution < -0.4 is 5.32 Å². The van der Waals surface area contributed by atoms with E-state index in [1.807, 2.05) is 56.3 Å². The van der Waals surface area contributed by atoms with Gasteiger partial charge in [-0.15, -0.1) is 5.10 Å². The van der Waals surface area contributed by atoms with Gasteiger partial charge in [-0.05, 0) is 72.5 Å². The molecule has 0 atom stereocenters. The first-order valence-corrected chi connectivity index (χ1v) is 9.31. The molecule has 1 N–H and O–H groups in total. The molecule has 0 spiro atoms. The average Bonchev–Trinajstić information content (AvgIpc) is 3.03. The van der Waals surface area contributed by atoms with E-state index in [0.717, 1.165) is 41.8 Å². The molecular weight excluding hydrogens is 362 g/mol. The second-order valence-corrected chi connectivity index (χ2v) is 7.47. The summed E-state index contributed by atoms with van der Waals surface area (Å²) in [4.78, 5) is 13.2. The Hall–Kier alpha value is -2.73. The molecule has 0 saturated heterocycles. The van der Waals surface area contributed by atoms with Gasteiger partial charge in [0.05, 0.1) is 11.1 Å². The lowest BCUT2D eigenvalue weighted by Gasteiger charge is -2.40. The molecule has 3 aromatic rings. The van der Waals surface area contributed by atoms with Crippen molar-refractivity contribution in [3.05, 3.63) is 64.4 Å². The molecule has 0 unspecified atom stereocenters. The summed E-state index contributed by atoms with van der Waals surface area (Å²) in [5.41, 5.74) is 3.14. The summed E-state index contributed by atoms with van der Waals surface area (Å²) in [6.07, 6.45) is 2.72. The number of nitrogens with zero attached hydrogens (tertiary/aromatic N) is 4. The van der Waals surface area contributed by atoms with Crippen LogP contribution in [0.1, 0.15) is 36.2 Å². The maximum absolute atomic E-state index is 13.2. The van der Waals surface area contributed by atoms with E-state index in [2.05, 4.69) is 20.8 Å². The first-order chi connectivity index (χ1) is 13.0. The minimum atomic E-state index is -0.486. The van der Waals surface area contributed by atoms with Crippen molar-refractivity contribution >= 4 is 23.2 Å². The Labute approximate surface area is 162 Å². The number of aromatic nitrogens is 4. The molecular formula is C20H20ClN5O. The van der Waals surface area contributed by atoms with Gasteiger partial charge in [0, 0.05) is 10.7 Å². The lowest BCUT2D eigenvalue weighted by atomic mass is 9.64. The van der Waals surface area contributed by atoms with E-state index in [9.17, 15) is 4.79 Å². The largest absolute Gasteiger partial charge is 0.325 e. The van der Waals surface area contributed by atoms with Gasteiger partial charge in [-0.3, -0.25) is 4.79 Å². The van der Waals surface area contributed by atoms with Crippen LogP contribution in [0.4, 0.5) is 5.69 Å². The highest BCUT2D eigenvalue weighted by Gasteiger charge is 2.45. The third-order valence-corrected chi connectivity index (χ3v) is 5.61. The molecule has 1 aliphatic rings. The molecule has 0 bridgehead atoms. The number of anilines is 1. The smallest absolute Gasteiger partial charge is 0.235 e. The Morgan fingerprint density at radius 2 is 1.89 bits per heavy atom. The Morgan fingerprint density at radius 3 is 2.48 bits per heavy atom. The predicted molar refractivity (Wildman–Crippen MR) is 104 cm³/mol. The van der Waals surface area contributed by atoms with Gasteiger partial charge >= 0.3 is 0 Å². The number of benzene rings is 2. The number of hydrogen-bond donors (Lipinski definition) is 1. The monoisotopic (exact) mass is 381 g/mol. The summed E-state index contributed by atoms with van der Waals surface area (Å²) >= 11 is 6.01. The molecule has 1 heterocycles. The first kappa shape index (κ1) is 17.7. The fourth-order valence-corrected chi connectivity index (χ4v) is 3.69. The molecule has 1 aromatic heterocycles. The number of rotatable bonds is 4. The minimum Gasteiger partial charge on any atom is -0.325 e. The molecule has 0 aliphatic heterocycles. The molecule has 138 valence electrons. The molecule has 2 aromatic carbocycles. The summed E-state index contributed by atoms with van der Waals surface area (Å²) < 4.78 is 1.67. The Kier molecular flexibility index (Phi) is 4.44. The predicted octanol–water partition coefficient (Wildman–Crippen LogP) is 3.99. The zero-order valence-corrected chi connectivity index (χ0v) is 16.0. The highest BCUT2D eigenvalue weighted by molar-refractivity contribution is 6.30. The molecule has 1 amide bonds. The quantitative estimate of drug-likeness (QED) is 0.741. The van der Waals surface area contributed by atoms with Gasteiger partial charge in [0.2, 0.25) is 5.91 Å². The summed E-state index contributed by atoms with van der Waals surface area (Å²) in [5.74, 6) is 0.706. The summed E-state index contributed by atoms with van der Waals surface area (Å²) in [6.45, 7) is 3.83. The maximum atomic E-state index is 13.2. The van der Waals surface area contributed by atoms with Gasteiger partial charge in [0.15, 0.2) is 5.82 Å². The van der Waals surface area contributed by atoms with Crippen molar-refractivity contribution in [2.24, 2.45) is 0 Å². The van der Waals surface area contributed by atoms with E-state index >= 15 is 0 Å². The summed E-state index contributed by atoms with van der Waals surface area (Å²) in [7, 11) is 0. The minimum absolute atomic E-state index is 0.0133. The van der Waals surface area contributed by atoms with Crippen LogP contribution in [-0.2, 0) is 10.2 Å². The van der Waals surface area contributed by atoms with Crippen molar-refractivity contribution < 1.29 is 4.79 Å². The van der Waals surface area contributed by atoms with Crippen LogP contribution >= 0.6 is 11.6 Å². The van der Waals surface area contributed by atoms with Crippen molar-refractivity contribution in [2.45, 2.75) is 38.5 Å². The van der Waals surface area contributed by atoms with Crippen LogP contribution in [0.5, 0.6) is 0 Å². The number of tetrazole rings is 1. The number of aryl methyl sites for hydroxylation is 2. The molecule has 7 heteroatoms. The van der Waals surface area contributed by atoms with Gasteiger partial charge in [-0.1, -0.05) is 36.2 Å². The number of carbonyl (C=O) groups is 1. The van der Waals surface area contributed by atoms with Crippen LogP contribution in [0, 0.1) is 13.8 Å². The molecule has 1 saturated carbocycles. The molecule has 4 rings (SSSR count). The molecule has 1 fully saturated rings. The Morgan fingerprint density at radius 1 is 1.15 bits per heavy atom. The number of nitrogens with one attached hydrogen (secondary N) is 1. The van der Waals surface area contributed by atoms with E-state index in [-0.39, 0.29) is 5.91 Å². The van der Waals surface area contributed by atoms with Crippen LogP contribution in [0.3, 0.4) is 0 Å². The number of carbonyl (C=O) groups excluding carboxylic acids is 1. The van der Waals surface area contributed by atoms with Crippen LogP contribution in [0.15, 0.2) is 42.5 Å². The van der Waals surface area contributed by atoms with Crippen LogP contribution in [0.2, 0.25) is 5.02 Å². The van der Waals surface area contributed by atoms with Crippen molar-refractivity contribution in [3.63, 3.8) is 0 Å². The topological polar surface area (TPSA) is 72.7 Å². The van der Waals surface area contributed by atoms with Crippen molar-refractivity contribution in [2.75, 3.05) is 5.32 Å². The van der Waals surface area contributed by atoms with E-state index in [4.69, 9.17) is 11.6 Å². The summed E-state index contributed by atoms with van der Waals surface area (Å²) in [6, 6.07) is 13.4. The molecule has 0 radical (unpaired) electrons. The fourth-order valence-electron chi connectivity index (χ4n) is 3.57. The van der Waals surface area contributed by atoms with Gasteiger partial charge in [-0.25, -0.2) is 0 Å². The van der Waals surface area contributed by atoms with Gasteiger partial charge in [-0.2, -0.15) is 4.68 Å². The third-order valence-electron chi connectivity index (χ3n) is 5.36. The summed E-state index contributed by atoms with van der Waals surface area (Å²) in [5, 5.41) is 15.4. The lowest BCUT2D eigenvalue weighted by Crippen LogP contribution is -2.46. The van der Waals surface area contributed by atoms with Crippen molar-refractivity contribution in [1.29, 1.82) is 0 Å². The van der Waals surface area contributed by atoms with E-state index in [1.54, 1.807) is 4.68 Å². The zero-order chi connectivity index (χ0) is 19.0. The Balaban J connectivity index is 1.63. The normalized spacial score (nSPS) is 15.2. The van der Waals surface area contributed by atoms with Gasteiger partial charge in [0.25, 0.3) is 0 Å². The van der Waals surface area contributed by atoms with Crippen molar-refractivity contribution in [3.8, 4) is 5.69 Å². The van der Waals surface area contributed by atoms with Gasteiger partial charge < -0.3 is 5.32 Å². The van der Waals surface area contributed by atoms with E-state index < -0.39 is 5.41 Å². The van der Waals surface area contributed by atoms with E-state index in [1.165, 1.54) is 0 Å². The van der Waals surface area contributed by atoms with Crippen LogP contribution in [0.25, 0.3) is 5.69 Å². The highest BCUT2D eigenvalue weighted by Crippen LogP contribution is 2.45. The third kappa shape index (κ3) is 3.10.